The van der Waals surface area contributed by atoms with E-state index in [0.29, 0.717) is 11.1 Å². The lowest BCUT2D eigenvalue weighted by atomic mass is 10.1. The average Bonchev–Trinajstić information content (AvgIpc) is 2.47. The summed E-state index contributed by atoms with van der Waals surface area (Å²) in [5, 5.41) is 8.79. The first-order valence-electron chi connectivity index (χ1n) is 6.54. The maximum atomic E-state index is 12.1. The van der Waals surface area contributed by atoms with Crippen LogP contribution in [0.15, 0.2) is 24.3 Å². The minimum Gasteiger partial charge on any atom is -0.355 e. The summed E-state index contributed by atoms with van der Waals surface area (Å²) in [5.74, 6) is -0.312. The number of rotatable bonds is 3. The van der Waals surface area contributed by atoms with E-state index in [-0.39, 0.29) is 17.9 Å². The second-order valence-electron chi connectivity index (χ2n) is 4.68. The van der Waals surface area contributed by atoms with Crippen LogP contribution in [0.5, 0.6) is 0 Å². The fraction of sp³-hybridized carbons (Fsp3) is 0.429. The van der Waals surface area contributed by atoms with Gasteiger partial charge in [0.2, 0.25) is 0 Å². The Bertz CT molecular complexity index is 468. The van der Waals surface area contributed by atoms with Gasteiger partial charge in [0.05, 0.1) is 0 Å². The summed E-state index contributed by atoms with van der Waals surface area (Å²) in [6, 6.07) is 6.92. The molecular formula is C14H19N3O2. The summed E-state index contributed by atoms with van der Waals surface area (Å²) in [5.41, 5.74) is 1.02. The number of nitrogens with one attached hydrogen (secondary N) is 3. The molecule has 0 aliphatic carbocycles. The summed E-state index contributed by atoms with van der Waals surface area (Å²) < 4.78 is 0. The Morgan fingerprint density at radius 3 is 2.63 bits per heavy atom. The van der Waals surface area contributed by atoms with Gasteiger partial charge in [-0.05, 0) is 37.6 Å². The Morgan fingerprint density at radius 1 is 1.26 bits per heavy atom. The maximum Gasteiger partial charge on any atom is 0.251 e. The topological polar surface area (TPSA) is 70.2 Å². The minimum absolute atomic E-state index is 0.126. The Morgan fingerprint density at radius 2 is 2.00 bits per heavy atom. The third kappa shape index (κ3) is 3.54. The number of carbonyl (C=O) groups excluding carboxylic acids is 2. The van der Waals surface area contributed by atoms with Crippen molar-refractivity contribution in [3.63, 3.8) is 0 Å². The van der Waals surface area contributed by atoms with Crippen molar-refractivity contribution in [2.24, 2.45) is 0 Å². The third-order valence-corrected chi connectivity index (χ3v) is 3.25. The van der Waals surface area contributed by atoms with Crippen molar-refractivity contribution in [1.82, 2.24) is 16.0 Å². The third-order valence-electron chi connectivity index (χ3n) is 3.25. The molecule has 1 saturated heterocycles. The minimum atomic E-state index is -0.186. The molecule has 0 spiro atoms. The van der Waals surface area contributed by atoms with Gasteiger partial charge >= 0.3 is 0 Å². The molecule has 1 aromatic carbocycles. The van der Waals surface area contributed by atoms with Crippen LogP contribution >= 0.6 is 0 Å². The standard InChI is InChI=1S/C14H19N3O2/c1-15-13(18)10-4-2-5-11(8-10)14(19)17-12-6-3-7-16-9-12/h2,4-5,8,12,16H,3,6-7,9H2,1H3,(H,15,18)(H,17,19). The summed E-state index contributed by atoms with van der Waals surface area (Å²) in [4.78, 5) is 23.6. The van der Waals surface area contributed by atoms with E-state index in [1.807, 2.05) is 0 Å². The van der Waals surface area contributed by atoms with Gasteiger partial charge < -0.3 is 16.0 Å². The second kappa shape index (κ2) is 6.33. The van der Waals surface area contributed by atoms with Gasteiger partial charge in [0.25, 0.3) is 11.8 Å². The molecule has 0 radical (unpaired) electrons. The number of carbonyl (C=O) groups is 2. The smallest absolute Gasteiger partial charge is 0.251 e. The lowest BCUT2D eigenvalue weighted by molar-refractivity contribution is 0.0930. The van der Waals surface area contributed by atoms with Gasteiger partial charge in [-0.1, -0.05) is 6.07 Å². The second-order valence-corrected chi connectivity index (χ2v) is 4.68. The molecular weight excluding hydrogens is 242 g/mol. The monoisotopic (exact) mass is 261 g/mol. The van der Waals surface area contributed by atoms with Crippen LogP contribution in [0.2, 0.25) is 0 Å². The van der Waals surface area contributed by atoms with E-state index in [9.17, 15) is 9.59 Å². The van der Waals surface area contributed by atoms with Crippen molar-refractivity contribution in [2.45, 2.75) is 18.9 Å². The molecule has 3 N–H and O–H groups in total. The van der Waals surface area contributed by atoms with Crippen LogP contribution in [0, 0.1) is 0 Å². The van der Waals surface area contributed by atoms with E-state index < -0.39 is 0 Å². The van der Waals surface area contributed by atoms with Crippen LogP contribution in [0.1, 0.15) is 33.6 Å². The van der Waals surface area contributed by atoms with E-state index >= 15 is 0 Å². The van der Waals surface area contributed by atoms with Gasteiger partial charge in [0, 0.05) is 30.8 Å². The molecule has 1 fully saturated rings. The Kier molecular flexibility index (Phi) is 4.52. The first kappa shape index (κ1) is 13.5. The Hall–Kier alpha value is -1.88. The first-order chi connectivity index (χ1) is 9.20. The van der Waals surface area contributed by atoms with Crippen molar-refractivity contribution in [1.29, 1.82) is 0 Å². The Labute approximate surface area is 112 Å². The molecule has 5 heteroatoms. The van der Waals surface area contributed by atoms with Crippen LogP contribution in [-0.4, -0.2) is 38.0 Å². The average molecular weight is 261 g/mol. The van der Waals surface area contributed by atoms with Gasteiger partial charge in [0.15, 0.2) is 0 Å². The summed E-state index contributed by atoms with van der Waals surface area (Å²) >= 11 is 0. The van der Waals surface area contributed by atoms with Crippen LogP contribution in [0.25, 0.3) is 0 Å². The molecule has 1 atom stereocenters. The van der Waals surface area contributed by atoms with Gasteiger partial charge in [0.1, 0.15) is 0 Å². The van der Waals surface area contributed by atoms with Crippen molar-refractivity contribution in [2.75, 3.05) is 20.1 Å². The van der Waals surface area contributed by atoms with Crippen LogP contribution < -0.4 is 16.0 Å². The first-order valence-corrected chi connectivity index (χ1v) is 6.54. The highest BCUT2D eigenvalue weighted by Gasteiger charge is 2.16. The number of hydrogen-bond acceptors (Lipinski definition) is 3. The molecule has 0 saturated carbocycles. The summed E-state index contributed by atoms with van der Waals surface area (Å²) in [6.07, 6.45) is 2.07. The number of benzene rings is 1. The van der Waals surface area contributed by atoms with E-state index in [1.165, 1.54) is 0 Å². The molecule has 1 unspecified atom stereocenters. The summed E-state index contributed by atoms with van der Waals surface area (Å²) in [7, 11) is 1.57. The van der Waals surface area contributed by atoms with Gasteiger partial charge in [-0.25, -0.2) is 0 Å². The molecule has 102 valence electrons. The molecule has 5 nitrogen and oxygen atoms in total. The van der Waals surface area contributed by atoms with Crippen LogP contribution in [0.4, 0.5) is 0 Å². The molecule has 1 aliphatic rings. The fourth-order valence-electron chi connectivity index (χ4n) is 2.19. The summed E-state index contributed by atoms with van der Waals surface area (Å²) in [6.45, 7) is 1.82. The molecule has 2 rings (SSSR count). The zero-order chi connectivity index (χ0) is 13.7. The van der Waals surface area contributed by atoms with E-state index in [4.69, 9.17) is 0 Å². The van der Waals surface area contributed by atoms with E-state index in [1.54, 1.807) is 31.3 Å². The lowest BCUT2D eigenvalue weighted by Crippen LogP contribution is -2.45. The lowest BCUT2D eigenvalue weighted by Gasteiger charge is -2.23. The van der Waals surface area contributed by atoms with Crippen LogP contribution in [0.3, 0.4) is 0 Å². The predicted molar refractivity (Wildman–Crippen MR) is 73.2 cm³/mol. The highest BCUT2D eigenvalue weighted by Crippen LogP contribution is 2.07. The zero-order valence-electron chi connectivity index (χ0n) is 11.0. The highest BCUT2D eigenvalue weighted by molar-refractivity contribution is 5.99. The molecule has 19 heavy (non-hydrogen) atoms. The quantitative estimate of drug-likeness (QED) is 0.743. The van der Waals surface area contributed by atoms with Crippen molar-refractivity contribution < 1.29 is 9.59 Å². The SMILES string of the molecule is CNC(=O)c1cccc(C(=O)NC2CCCNC2)c1. The molecule has 2 amide bonds. The highest BCUT2D eigenvalue weighted by atomic mass is 16.2. The fourth-order valence-corrected chi connectivity index (χ4v) is 2.19. The molecule has 1 heterocycles. The molecule has 0 bridgehead atoms. The number of hydrogen-bond donors (Lipinski definition) is 3. The number of piperidine rings is 1. The Balaban J connectivity index is 2.04. The van der Waals surface area contributed by atoms with Gasteiger partial charge in [-0.2, -0.15) is 0 Å². The van der Waals surface area contributed by atoms with E-state index in [0.717, 1.165) is 25.9 Å². The molecule has 1 aromatic rings. The maximum absolute atomic E-state index is 12.1. The largest absolute Gasteiger partial charge is 0.355 e. The normalized spacial score (nSPS) is 18.7. The van der Waals surface area contributed by atoms with Crippen molar-refractivity contribution in [3.05, 3.63) is 35.4 Å². The number of amides is 2. The molecule has 0 aromatic heterocycles. The van der Waals surface area contributed by atoms with Crippen LogP contribution in [-0.2, 0) is 0 Å². The zero-order valence-corrected chi connectivity index (χ0v) is 11.0. The van der Waals surface area contributed by atoms with Crippen molar-refractivity contribution in [3.8, 4) is 0 Å². The van der Waals surface area contributed by atoms with Gasteiger partial charge in [-0.3, -0.25) is 9.59 Å². The van der Waals surface area contributed by atoms with Gasteiger partial charge in [-0.15, -0.1) is 0 Å². The van der Waals surface area contributed by atoms with Crippen molar-refractivity contribution >= 4 is 11.8 Å². The predicted octanol–water partition coefficient (Wildman–Crippen LogP) is 0.528. The molecule has 1 aliphatic heterocycles. The van der Waals surface area contributed by atoms with E-state index in [2.05, 4.69) is 16.0 Å².